The number of carbonyl (C=O) groups is 1. The first-order valence-electron chi connectivity index (χ1n) is 6.88. The second-order valence-electron chi connectivity index (χ2n) is 4.73. The third-order valence-electron chi connectivity index (χ3n) is 3.18. The van der Waals surface area contributed by atoms with Gasteiger partial charge in [-0.3, -0.25) is 4.79 Å². The lowest BCUT2D eigenvalue weighted by Crippen LogP contribution is -2.27. The summed E-state index contributed by atoms with van der Waals surface area (Å²) in [5.74, 6) is 0.221. The fourth-order valence-electron chi connectivity index (χ4n) is 2.02. The largest absolute Gasteiger partial charge is 0.493 e. The molecule has 21 heavy (non-hydrogen) atoms. The van der Waals surface area contributed by atoms with E-state index in [-0.39, 0.29) is 5.91 Å². The van der Waals surface area contributed by atoms with E-state index < -0.39 is 11.9 Å². The van der Waals surface area contributed by atoms with E-state index in [1.54, 1.807) is 13.0 Å². The lowest BCUT2D eigenvalue weighted by Gasteiger charge is -2.17. The van der Waals surface area contributed by atoms with Crippen LogP contribution < -0.4 is 20.1 Å². The van der Waals surface area contributed by atoms with Crippen molar-refractivity contribution in [2.75, 3.05) is 27.8 Å². The standard InChI is InChI=1S/C15H23FN2O3/c1-10(18-15(19)6-5-7-17-2)11-8-13(20-3)14(21-4)9-12(11)16/h8-10,17H,5-7H2,1-4H3,(H,18,19). The summed E-state index contributed by atoms with van der Waals surface area (Å²) >= 11 is 0. The first-order valence-corrected chi connectivity index (χ1v) is 6.88. The molecular formula is C15H23FN2O3. The minimum Gasteiger partial charge on any atom is -0.493 e. The maximum Gasteiger partial charge on any atom is 0.220 e. The predicted octanol–water partition coefficient (Wildman–Crippen LogP) is 2.02. The molecule has 0 aromatic heterocycles. The van der Waals surface area contributed by atoms with E-state index in [4.69, 9.17) is 9.47 Å². The highest BCUT2D eigenvalue weighted by Crippen LogP contribution is 2.32. The van der Waals surface area contributed by atoms with E-state index in [1.165, 1.54) is 20.3 Å². The molecule has 0 saturated carbocycles. The molecule has 0 saturated heterocycles. The molecule has 1 aromatic rings. The van der Waals surface area contributed by atoms with Crippen LogP contribution in [0.5, 0.6) is 11.5 Å². The first kappa shape index (κ1) is 17.2. The number of carbonyl (C=O) groups excluding carboxylic acids is 1. The number of ether oxygens (including phenoxy) is 2. The van der Waals surface area contributed by atoms with E-state index in [0.29, 0.717) is 23.5 Å². The van der Waals surface area contributed by atoms with Gasteiger partial charge in [-0.05, 0) is 33.0 Å². The van der Waals surface area contributed by atoms with Crippen LogP contribution in [-0.4, -0.2) is 33.7 Å². The molecule has 2 N–H and O–H groups in total. The van der Waals surface area contributed by atoms with Crippen LogP contribution in [0.15, 0.2) is 12.1 Å². The zero-order chi connectivity index (χ0) is 15.8. The van der Waals surface area contributed by atoms with E-state index in [1.807, 2.05) is 7.05 Å². The van der Waals surface area contributed by atoms with Gasteiger partial charge in [0.1, 0.15) is 5.82 Å². The maximum atomic E-state index is 14.1. The zero-order valence-electron chi connectivity index (χ0n) is 13.0. The highest BCUT2D eigenvalue weighted by Gasteiger charge is 2.17. The number of benzene rings is 1. The van der Waals surface area contributed by atoms with E-state index in [2.05, 4.69) is 10.6 Å². The summed E-state index contributed by atoms with van der Waals surface area (Å²) in [5.41, 5.74) is 0.370. The van der Waals surface area contributed by atoms with Gasteiger partial charge in [-0.1, -0.05) is 0 Å². The minimum atomic E-state index is -0.438. The van der Waals surface area contributed by atoms with Crippen LogP contribution in [0.3, 0.4) is 0 Å². The Morgan fingerprint density at radius 3 is 2.48 bits per heavy atom. The third kappa shape index (κ3) is 4.90. The van der Waals surface area contributed by atoms with Crippen molar-refractivity contribution in [1.82, 2.24) is 10.6 Å². The summed E-state index contributed by atoms with van der Waals surface area (Å²) in [6.45, 7) is 2.51. The van der Waals surface area contributed by atoms with Gasteiger partial charge in [-0.15, -0.1) is 0 Å². The second-order valence-corrected chi connectivity index (χ2v) is 4.73. The number of amides is 1. The topological polar surface area (TPSA) is 59.6 Å². The smallest absolute Gasteiger partial charge is 0.220 e. The van der Waals surface area contributed by atoms with Crippen molar-refractivity contribution in [2.45, 2.75) is 25.8 Å². The molecule has 0 bridgehead atoms. The minimum absolute atomic E-state index is 0.105. The van der Waals surface area contributed by atoms with Crippen molar-refractivity contribution in [2.24, 2.45) is 0 Å². The highest BCUT2D eigenvalue weighted by molar-refractivity contribution is 5.76. The number of hydrogen-bond donors (Lipinski definition) is 2. The molecule has 6 heteroatoms. The normalized spacial score (nSPS) is 11.9. The SMILES string of the molecule is CNCCCC(=O)NC(C)c1cc(OC)c(OC)cc1F. The van der Waals surface area contributed by atoms with Gasteiger partial charge in [0.05, 0.1) is 20.3 Å². The van der Waals surface area contributed by atoms with Crippen LogP contribution in [-0.2, 0) is 4.79 Å². The van der Waals surface area contributed by atoms with Gasteiger partial charge >= 0.3 is 0 Å². The van der Waals surface area contributed by atoms with Gasteiger partial charge in [0.25, 0.3) is 0 Å². The predicted molar refractivity (Wildman–Crippen MR) is 79.2 cm³/mol. The lowest BCUT2D eigenvalue weighted by atomic mass is 10.1. The molecule has 0 heterocycles. The van der Waals surface area contributed by atoms with Gasteiger partial charge in [0.15, 0.2) is 11.5 Å². The Morgan fingerprint density at radius 2 is 1.90 bits per heavy atom. The summed E-state index contributed by atoms with van der Waals surface area (Å²) in [4.78, 5) is 11.8. The molecule has 1 unspecified atom stereocenters. The number of rotatable bonds is 8. The molecule has 5 nitrogen and oxygen atoms in total. The molecule has 1 atom stereocenters. The molecule has 0 fully saturated rings. The average molecular weight is 298 g/mol. The Labute approximate surface area is 124 Å². The van der Waals surface area contributed by atoms with E-state index >= 15 is 0 Å². The summed E-state index contributed by atoms with van der Waals surface area (Å²) in [7, 11) is 4.77. The van der Waals surface area contributed by atoms with Crippen molar-refractivity contribution < 1.29 is 18.7 Å². The summed E-state index contributed by atoms with van der Waals surface area (Å²) in [5, 5.41) is 5.76. The molecule has 0 aliphatic heterocycles. The maximum absolute atomic E-state index is 14.1. The Hall–Kier alpha value is -1.82. The molecular weight excluding hydrogens is 275 g/mol. The molecule has 118 valence electrons. The van der Waals surface area contributed by atoms with Gasteiger partial charge in [0.2, 0.25) is 5.91 Å². The fourth-order valence-corrected chi connectivity index (χ4v) is 2.02. The molecule has 1 aromatic carbocycles. The Morgan fingerprint density at radius 1 is 1.29 bits per heavy atom. The van der Waals surface area contributed by atoms with Crippen molar-refractivity contribution in [3.8, 4) is 11.5 Å². The van der Waals surface area contributed by atoms with Crippen LogP contribution in [0.4, 0.5) is 4.39 Å². The first-order chi connectivity index (χ1) is 10.0. The number of hydrogen-bond acceptors (Lipinski definition) is 4. The van der Waals surface area contributed by atoms with Gasteiger partial charge in [-0.2, -0.15) is 0 Å². The Bertz CT molecular complexity index is 480. The molecule has 1 rings (SSSR count). The molecule has 1 amide bonds. The van der Waals surface area contributed by atoms with Crippen LogP contribution >= 0.6 is 0 Å². The van der Waals surface area contributed by atoms with Crippen molar-refractivity contribution in [1.29, 1.82) is 0 Å². The summed E-state index contributed by atoms with van der Waals surface area (Å²) in [6.07, 6.45) is 1.14. The second kappa shape index (κ2) is 8.46. The van der Waals surface area contributed by atoms with Crippen LogP contribution in [0.1, 0.15) is 31.4 Å². The van der Waals surface area contributed by atoms with Crippen LogP contribution in [0.2, 0.25) is 0 Å². The van der Waals surface area contributed by atoms with Gasteiger partial charge < -0.3 is 20.1 Å². The Balaban J connectivity index is 2.77. The number of nitrogens with one attached hydrogen (secondary N) is 2. The number of methoxy groups -OCH3 is 2. The summed E-state index contributed by atoms with van der Waals surface area (Å²) < 4.78 is 24.3. The van der Waals surface area contributed by atoms with Gasteiger partial charge in [0, 0.05) is 18.1 Å². The van der Waals surface area contributed by atoms with Crippen LogP contribution in [0.25, 0.3) is 0 Å². The molecule has 0 aliphatic carbocycles. The van der Waals surface area contributed by atoms with Gasteiger partial charge in [-0.25, -0.2) is 4.39 Å². The van der Waals surface area contributed by atoms with Crippen molar-refractivity contribution in [3.63, 3.8) is 0 Å². The van der Waals surface area contributed by atoms with E-state index in [9.17, 15) is 9.18 Å². The monoisotopic (exact) mass is 298 g/mol. The molecule has 0 spiro atoms. The quantitative estimate of drug-likeness (QED) is 0.721. The summed E-state index contributed by atoms with van der Waals surface area (Å²) in [6, 6.07) is 2.37. The van der Waals surface area contributed by atoms with Crippen molar-refractivity contribution in [3.05, 3.63) is 23.5 Å². The Kier molecular flexibility index (Phi) is 6.94. The van der Waals surface area contributed by atoms with E-state index in [0.717, 1.165) is 13.0 Å². The highest BCUT2D eigenvalue weighted by atomic mass is 19.1. The lowest BCUT2D eigenvalue weighted by molar-refractivity contribution is -0.121. The molecule has 0 aliphatic rings. The average Bonchev–Trinajstić information content (AvgIpc) is 2.46. The van der Waals surface area contributed by atoms with Crippen molar-refractivity contribution >= 4 is 5.91 Å². The zero-order valence-corrected chi connectivity index (χ0v) is 13.0. The fraction of sp³-hybridized carbons (Fsp3) is 0.533. The van der Waals surface area contributed by atoms with Crippen LogP contribution in [0, 0.1) is 5.82 Å². The molecule has 0 radical (unpaired) electrons. The third-order valence-corrected chi connectivity index (χ3v) is 3.18. The number of halogens is 1.